The van der Waals surface area contributed by atoms with Crippen LogP contribution in [0.25, 0.3) is 0 Å². The molecule has 92 valence electrons. The maximum atomic E-state index is 11.4. The smallest absolute Gasteiger partial charge is 0.333 e. The van der Waals surface area contributed by atoms with Gasteiger partial charge in [-0.2, -0.15) is 0 Å². The SMILES string of the molecule is C=C(C)C(=O)OCC(C)OC(=O)C(C)(C)Br. The Kier molecular flexibility index (Phi) is 5.72. The largest absolute Gasteiger partial charge is 0.458 e. The molecule has 0 amide bonds. The van der Waals surface area contributed by atoms with Crippen molar-refractivity contribution in [3.63, 3.8) is 0 Å². The van der Waals surface area contributed by atoms with Crippen molar-refractivity contribution in [2.75, 3.05) is 6.61 Å². The zero-order valence-electron chi connectivity index (χ0n) is 10.0. The van der Waals surface area contributed by atoms with E-state index in [2.05, 4.69) is 22.5 Å². The monoisotopic (exact) mass is 292 g/mol. The number of esters is 2. The van der Waals surface area contributed by atoms with Crippen molar-refractivity contribution >= 4 is 27.9 Å². The van der Waals surface area contributed by atoms with E-state index in [1.807, 2.05) is 0 Å². The number of alkyl halides is 1. The first kappa shape index (κ1) is 15.2. The standard InChI is InChI=1S/C11H17BrO4/c1-7(2)9(13)15-6-8(3)16-10(14)11(4,5)12/h8H,1,6H2,2-5H3. The van der Waals surface area contributed by atoms with E-state index in [4.69, 9.17) is 9.47 Å². The molecule has 0 aliphatic carbocycles. The van der Waals surface area contributed by atoms with Crippen LogP contribution in [0, 0.1) is 0 Å². The van der Waals surface area contributed by atoms with Crippen LogP contribution in [0.1, 0.15) is 27.7 Å². The summed E-state index contributed by atoms with van der Waals surface area (Å²) in [6.07, 6.45) is -0.479. The van der Waals surface area contributed by atoms with Crippen molar-refractivity contribution in [3.8, 4) is 0 Å². The van der Waals surface area contributed by atoms with Gasteiger partial charge in [-0.15, -0.1) is 0 Å². The predicted molar refractivity (Wildman–Crippen MR) is 64.3 cm³/mol. The second kappa shape index (κ2) is 6.03. The van der Waals surface area contributed by atoms with Crippen LogP contribution in [-0.4, -0.2) is 29.0 Å². The molecule has 1 unspecified atom stereocenters. The van der Waals surface area contributed by atoms with Gasteiger partial charge >= 0.3 is 11.9 Å². The highest BCUT2D eigenvalue weighted by Crippen LogP contribution is 2.18. The van der Waals surface area contributed by atoms with Gasteiger partial charge in [0.15, 0.2) is 0 Å². The molecule has 0 aliphatic heterocycles. The molecule has 0 bridgehead atoms. The third kappa shape index (κ3) is 5.90. The van der Waals surface area contributed by atoms with E-state index in [0.29, 0.717) is 5.57 Å². The van der Waals surface area contributed by atoms with Crippen LogP contribution >= 0.6 is 15.9 Å². The summed E-state index contributed by atoms with van der Waals surface area (Å²) in [5.41, 5.74) is 0.319. The van der Waals surface area contributed by atoms with Crippen molar-refractivity contribution < 1.29 is 19.1 Å². The molecule has 5 heteroatoms. The summed E-state index contributed by atoms with van der Waals surface area (Å²) in [6.45, 7) is 10.0. The Morgan fingerprint density at radius 1 is 1.44 bits per heavy atom. The van der Waals surface area contributed by atoms with Crippen molar-refractivity contribution in [2.45, 2.75) is 38.1 Å². The first-order valence-electron chi connectivity index (χ1n) is 4.87. The Morgan fingerprint density at radius 3 is 2.31 bits per heavy atom. The molecule has 0 aromatic heterocycles. The van der Waals surface area contributed by atoms with Crippen LogP contribution in [0.15, 0.2) is 12.2 Å². The van der Waals surface area contributed by atoms with Crippen LogP contribution in [-0.2, 0) is 19.1 Å². The van der Waals surface area contributed by atoms with Crippen LogP contribution in [0.4, 0.5) is 0 Å². The van der Waals surface area contributed by atoms with Gasteiger partial charge in [0.05, 0.1) is 0 Å². The van der Waals surface area contributed by atoms with Gasteiger partial charge in [-0.3, -0.25) is 4.79 Å². The highest BCUT2D eigenvalue weighted by atomic mass is 79.9. The molecular formula is C11H17BrO4. The van der Waals surface area contributed by atoms with Gasteiger partial charge in [0, 0.05) is 5.57 Å². The second-order valence-corrected chi connectivity index (χ2v) is 6.05. The summed E-state index contributed by atoms with van der Waals surface area (Å²) in [5, 5.41) is 0. The molecule has 1 atom stereocenters. The van der Waals surface area contributed by atoms with Gasteiger partial charge in [-0.25, -0.2) is 4.79 Å². The Morgan fingerprint density at radius 2 is 1.94 bits per heavy atom. The highest BCUT2D eigenvalue weighted by Gasteiger charge is 2.27. The van der Waals surface area contributed by atoms with Crippen LogP contribution in [0.3, 0.4) is 0 Å². The first-order valence-corrected chi connectivity index (χ1v) is 5.66. The zero-order chi connectivity index (χ0) is 12.9. The van der Waals surface area contributed by atoms with E-state index >= 15 is 0 Å². The quantitative estimate of drug-likeness (QED) is 0.443. The first-order chi connectivity index (χ1) is 7.14. The van der Waals surface area contributed by atoms with Gasteiger partial charge in [0.25, 0.3) is 0 Å². The maximum Gasteiger partial charge on any atom is 0.333 e. The third-order valence-electron chi connectivity index (χ3n) is 1.59. The number of hydrogen-bond donors (Lipinski definition) is 0. The zero-order valence-corrected chi connectivity index (χ0v) is 11.6. The third-order valence-corrected chi connectivity index (χ3v) is 1.91. The fourth-order valence-electron chi connectivity index (χ4n) is 0.673. The molecule has 4 nitrogen and oxygen atoms in total. The average molecular weight is 293 g/mol. The normalized spacial score (nSPS) is 12.8. The molecule has 0 heterocycles. The van der Waals surface area contributed by atoms with E-state index in [9.17, 15) is 9.59 Å². The van der Waals surface area contributed by atoms with Crippen LogP contribution in [0.2, 0.25) is 0 Å². The maximum absolute atomic E-state index is 11.4. The van der Waals surface area contributed by atoms with E-state index < -0.39 is 22.4 Å². The molecule has 0 spiro atoms. The Labute approximate surface area is 104 Å². The lowest BCUT2D eigenvalue weighted by Gasteiger charge is -2.19. The van der Waals surface area contributed by atoms with Gasteiger partial charge in [-0.1, -0.05) is 22.5 Å². The number of rotatable bonds is 5. The summed E-state index contributed by atoms with van der Waals surface area (Å²) in [6, 6.07) is 0. The molecule has 0 aliphatic rings. The van der Waals surface area contributed by atoms with Crippen molar-refractivity contribution in [1.29, 1.82) is 0 Å². The van der Waals surface area contributed by atoms with E-state index in [1.165, 1.54) is 0 Å². The van der Waals surface area contributed by atoms with Gasteiger partial charge in [0.2, 0.25) is 0 Å². The average Bonchev–Trinajstić information content (AvgIpc) is 2.12. The number of carbonyl (C=O) groups excluding carboxylic acids is 2. The number of halogens is 1. The summed E-state index contributed by atoms with van der Waals surface area (Å²) >= 11 is 3.18. The van der Waals surface area contributed by atoms with Crippen LogP contribution in [0.5, 0.6) is 0 Å². The Balaban J connectivity index is 4.01. The van der Waals surface area contributed by atoms with Crippen molar-refractivity contribution in [2.24, 2.45) is 0 Å². The van der Waals surface area contributed by atoms with Crippen molar-refractivity contribution in [3.05, 3.63) is 12.2 Å². The lowest BCUT2D eigenvalue weighted by Crippen LogP contribution is -2.32. The number of carbonyl (C=O) groups is 2. The van der Waals surface area contributed by atoms with E-state index in [0.717, 1.165) is 0 Å². The predicted octanol–water partition coefficient (Wildman–Crippen LogP) is 2.21. The summed E-state index contributed by atoms with van der Waals surface area (Å²) in [7, 11) is 0. The minimum Gasteiger partial charge on any atom is -0.458 e. The van der Waals surface area contributed by atoms with Crippen LogP contribution < -0.4 is 0 Å². The summed E-state index contributed by atoms with van der Waals surface area (Å²) < 4.78 is 9.16. The van der Waals surface area contributed by atoms with Gasteiger partial charge < -0.3 is 9.47 Å². The second-order valence-electron chi connectivity index (χ2n) is 4.07. The lowest BCUT2D eigenvalue weighted by molar-refractivity contribution is -0.157. The molecule has 0 rings (SSSR count). The molecule has 0 aromatic carbocycles. The lowest BCUT2D eigenvalue weighted by atomic mass is 10.2. The Hall–Kier alpha value is -0.840. The molecule has 0 saturated heterocycles. The molecule has 0 radical (unpaired) electrons. The van der Waals surface area contributed by atoms with E-state index in [-0.39, 0.29) is 6.61 Å². The fraction of sp³-hybridized carbons (Fsp3) is 0.636. The fourth-order valence-corrected chi connectivity index (χ4v) is 0.767. The molecule has 0 N–H and O–H groups in total. The molecule has 0 aromatic rings. The van der Waals surface area contributed by atoms with Gasteiger partial charge in [0.1, 0.15) is 17.0 Å². The molecule has 16 heavy (non-hydrogen) atoms. The highest BCUT2D eigenvalue weighted by molar-refractivity contribution is 9.10. The summed E-state index contributed by atoms with van der Waals surface area (Å²) in [5.74, 6) is -0.882. The number of hydrogen-bond acceptors (Lipinski definition) is 4. The summed E-state index contributed by atoms with van der Waals surface area (Å²) in [4.78, 5) is 22.5. The minimum absolute atomic E-state index is 0.0283. The Bertz CT molecular complexity index is 291. The minimum atomic E-state index is -0.736. The van der Waals surface area contributed by atoms with E-state index in [1.54, 1.807) is 27.7 Å². The molecule has 0 fully saturated rings. The topological polar surface area (TPSA) is 52.6 Å². The molecule has 0 saturated carbocycles. The van der Waals surface area contributed by atoms with Crippen molar-refractivity contribution in [1.82, 2.24) is 0 Å². The number of ether oxygens (including phenoxy) is 2. The van der Waals surface area contributed by atoms with Gasteiger partial charge in [-0.05, 0) is 27.7 Å². The molecular weight excluding hydrogens is 276 g/mol.